The van der Waals surface area contributed by atoms with E-state index in [4.69, 9.17) is 9.40 Å². The number of furan rings is 1. The van der Waals surface area contributed by atoms with E-state index in [0.717, 1.165) is 5.56 Å². The highest BCUT2D eigenvalue weighted by atomic mass is 16.3. The standard InChI is InChI=1S/C25H26N4O3/c1-4-22(23-27-21-10-6-5-9-20(21)24(30)28(23)3)29(16-19-8-7-15-32-19)25(31)26-18-13-11-17(2)12-14-18/h5-15,22H,4,16H2,1-3H3,(H,26,31). The van der Waals surface area contributed by atoms with Gasteiger partial charge in [0.05, 0.1) is 29.8 Å². The second-order valence-corrected chi connectivity index (χ2v) is 7.78. The number of benzene rings is 2. The lowest BCUT2D eigenvalue weighted by Gasteiger charge is -2.31. The Hall–Kier alpha value is -3.87. The van der Waals surface area contributed by atoms with E-state index in [1.54, 1.807) is 30.3 Å². The molecule has 0 spiro atoms. The zero-order valence-corrected chi connectivity index (χ0v) is 18.4. The first kappa shape index (κ1) is 21.4. The third kappa shape index (κ3) is 4.27. The third-order valence-electron chi connectivity index (χ3n) is 5.55. The molecule has 2 heterocycles. The molecule has 0 fully saturated rings. The lowest BCUT2D eigenvalue weighted by atomic mass is 10.1. The summed E-state index contributed by atoms with van der Waals surface area (Å²) in [6.07, 6.45) is 2.15. The molecule has 4 aromatic rings. The molecule has 0 aliphatic rings. The van der Waals surface area contributed by atoms with Gasteiger partial charge in [0.25, 0.3) is 5.56 Å². The highest BCUT2D eigenvalue weighted by Gasteiger charge is 2.29. The van der Waals surface area contributed by atoms with Gasteiger partial charge >= 0.3 is 6.03 Å². The number of amides is 2. The van der Waals surface area contributed by atoms with Crippen molar-refractivity contribution in [3.63, 3.8) is 0 Å². The van der Waals surface area contributed by atoms with Gasteiger partial charge in [-0.3, -0.25) is 9.36 Å². The number of nitrogens with zero attached hydrogens (tertiary/aromatic N) is 3. The van der Waals surface area contributed by atoms with Gasteiger partial charge < -0.3 is 14.6 Å². The highest BCUT2D eigenvalue weighted by Crippen LogP contribution is 2.26. The third-order valence-corrected chi connectivity index (χ3v) is 5.55. The van der Waals surface area contributed by atoms with Crippen molar-refractivity contribution in [1.29, 1.82) is 0 Å². The number of anilines is 1. The highest BCUT2D eigenvalue weighted by molar-refractivity contribution is 5.89. The van der Waals surface area contributed by atoms with Crippen molar-refractivity contribution < 1.29 is 9.21 Å². The van der Waals surface area contributed by atoms with E-state index in [-0.39, 0.29) is 18.1 Å². The fraction of sp³-hybridized carbons (Fsp3) is 0.240. The van der Waals surface area contributed by atoms with Crippen LogP contribution in [0.1, 0.15) is 36.5 Å². The zero-order valence-electron chi connectivity index (χ0n) is 18.4. The number of carbonyl (C=O) groups excluding carboxylic acids is 1. The van der Waals surface area contributed by atoms with Gasteiger partial charge in [0, 0.05) is 12.7 Å². The first-order valence-electron chi connectivity index (χ1n) is 10.6. The van der Waals surface area contributed by atoms with E-state index in [9.17, 15) is 9.59 Å². The molecule has 2 aromatic carbocycles. The van der Waals surface area contributed by atoms with Crippen LogP contribution < -0.4 is 10.9 Å². The number of aryl methyl sites for hydroxylation is 1. The summed E-state index contributed by atoms with van der Waals surface area (Å²) < 4.78 is 7.06. The molecule has 164 valence electrons. The topological polar surface area (TPSA) is 80.4 Å². The minimum atomic E-state index is -0.437. The van der Waals surface area contributed by atoms with E-state index < -0.39 is 6.04 Å². The van der Waals surface area contributed by atoms with E-state index in [1.165, 1.54) is 4.57 Å². The number of hydrogen-bond donors (Lipinski definition) is 1. The summed E-state index contributed by atoms with van der Waals surface area (Å²) in [7, 11) is 1.70. The van der Waals surface area contributed by atoms with Crippen molar-refractivity contribution in [2.75, 3.05) is 5.32 Å². The first-order valence-corrected chi connectivity index (χ1v) is 10.6. The molecular weight excluding hydrogens is 404 g/mol. The molecular formula is C25H26N4O3. The summed E-state index contributed by atoms with van der Waals surface area (Å²) in [5, 5.41) is 3.52. The van der Waals surface area contributed by atoms with Gasteiger partial charge in [-0.05, 0) is 49.7 Å². The predicted octanol–water partition coefficient (Wildman–Crippen LogP) is 5.02. The summed E-state index contributed by atoms with van der Waals surface area (Å²) in [6.45, 7) is 4.21. The summed E-state index contributed by atoms with van der Waals surface area (Å²) in [4.78, 5) is 32.8. The van der Waals surface area contributed by atoms with E-state index in [0.29, 0.717) is 34.6 Å². The van der Waals surface area contributed by atoms with Crippen molar-refractivity contribution in [2.45, 2.75) is 32.9 Å². The molecule has 32 heavy (non-hydrogen) atoms. The second kappa shape index (κ2) is 9.09. The Morgan fingerprint density at radius 2 is 1.88 bits per heavy atom. The van der Waals surface area contributed by atoms with E-state index in [2.05, 4.69) is 5.32 Å². The SMILES string of the molecule is CCC(c1nc2ccccc2c(=O)n1C)N(Cc1ccco1)C(=O)Nc1ccc(C)cc1. The largest absolute Gasteiger partial charge is 0.467 e. The quantitative estimate of drug-likeness (QED) is 0.466. The summed E-state index contributed by atoms with van der Waals surface area (Å²) in [5.74, 6) is 1.18. The fourth-order valence-corrected chi connectivity index (χ4v) is 3.80. The zero-order chi connectivity index (χ0) is 22.7. The van der Waals surface area contributed by atoms with Crippen LogP contribution in [0.3, 0.4) is 0 Å². The first-order chi connectivity index (χ1) is 15.5. The van der Waals surface area contributed by atoms with E-state index >= 15 is 0 Å². The predicted molar refractivity (Wildman–Crippen MR) is 124 cm³/mol. The maximum Gasteiger partial charge on any atom is 0.322 e. The van der Waals surface area contributed by atoms with Gasteiger partial charge in [-0.25, -0.2) is 9.78 Å². The number of para-hydroxylation sites is 1. The molecule has 0 aliphatic heterocycles. The number of carbonyl (C=O) groups is 1. The Kier molecular flexibility index (Phi) is 6.07. The average molecular weight is 431 g/mol. The summed E-state index contributed by atoms with van der Waals surface area (Å²) >= 11 is 0. The van der Waals surface area contributed by atoms with Crippen LogP contribution in [0.2, 0.25) is 0 Å². The molecule has 1 atom stereocenters. The van der Waals surface area contributed by atoms with Crippen LogP contribution in [0.15, 0.2) is 76.1 Å². The Morgan fingerprint density at radius 3 is 2.56 bits per heavy atom. The number of fused-ring (bicyclic) bond motifs is 1. The van der Waals surface area contributed by atoms with Crippen molar-refractivity contribution in [3.05, 3.63) is 94.4 Å². The summed E-state index contributed by atoms with van der Waals surface area (Å²) in [6, 6.07) is 17.7. The van der Waals surface area contributed by atoms with Crippen LogP contribution in [-0.4, -0.2) is 20.5 Å². The van der Waals surface area contributed by atoms with Crippen LogP contribution in [0.4, 0.5) is 10.5 Å². The molecule has 7 nitrogen and oxygen atoms in total. The van der Waals surface area contributed by atoms with Crippen molar-refractivity contribution in [1.82, 2.24) is 14.5 Å². The second-order valence-electron chi connectivity index (χ2n) is 7.78. The minimum absolute atomic E-state index is 0.138. The lowest BCUT2D eigenvalue weighted by molar-refractivity contribution is 0.169. The van der Waals surface area contributed by atoms with Gasteiger partial charge in [-0.2, -0.15) is 0 Å². The fourth-order valence-electron chi connectivity index (χ4n) is 3.80. The molecule has 2 amide bonds. The van der Waals surface area contributed by atoms with Crippen LogP contribution in [0.25, 0.3) is 10.9 Å². The van der Waals surface area contributed by atoms with Crippen molar-refractivity contribution >= 4 is 22.6 Å². The number of nitrogens with one attached hydrogen (secondary N) is 1. The van der Waals surface area contributed by atoms with Gasteiger partial charge in [-0.1, -0.05) is 36.8 Å². The Morgan fingerprint density at radius 1 is 1.12 bits per heavy atom. The van der Waals surface area contributed by atoms with E-state index in [1.807, 2.05) is 62.4 Å². The smallest absolute Gasteiger partial charge is 0.322 e. The monoisotopic (exact) mass is 430 g/mol. The average Bonchev–Trinajstić information content (AvgIpc) is 3.31. The molecule has 7 heteroatoms. The molecule has 0 radical (unpaired) electrons. The number of hydrogen-bond acceptors (Lipinski definition) is 4. The minimum Gasteiger partial charge on any atom is -0.467 e. The molecule has 2 aromatic heterocycles. The Bertz CT molecular complexity index is 1280. The lowest BCUT2D eigenvalue weighted by Crippen LogP contribution is -2.40. The molecule has 0 saturated heterocycles. The maximum absolute atomic E-state index is 13.4. The Balaban J connectivity index is 1.75. The molecule has 0 bridgehead atoms. The van der Waals surface area contributed by atoms with Gasteiger partial charge in [0.2, 0.25) is 0 Å². The Labute approximate surface area is 186 Å². The van der Waals surface area contributed by atoms with Crippen LogP contribution in [0.5, 0.6) is 0 Å². The van der Waals surface area contributed by atoms with Gasteiger partial charge in [-0.15, -0.1) is 0 Å². The van der Waals surface area contributed by atoms with Crippen LogP contribution in [-0.2, 0) is 13.6 Å². The molecule has 1 N–H and O–H groups in total. The summed E-state index contributed by atoms with van der Waals surface area (Å²) in [5.41, 5.74) is 2.28. The molecule has 4 rings (SSSR count). The maximum atomic E-state index is 13.4. The molecule has 1 unspecified atom stereocenters. The van der Waals surface area contributed by atoms with Crippen molar-refractivity contribution in [3.8, 4) is 0 Å². The molecule has 0 saturated carbocycles. The van der Waals surface area contributed by atoms with Gasteiger partial charge in [0.1, 0.15) is 11.6 Å². The number of rotatable bonds is 6. The van der Waals surface area contributed by atoms with Gasteiger partial charge in [0.15, 0.2) is 0 Å². The normalized spacial score (nSPS) is 12.0. The van der Waals surface area contributed by atoms with Crippen molar-refractivity contribution in [2.24, 2.45) is 7.05 Å². The van der Waals surface area contributed by atoms with Crippen LogP contribution >= 0.6 is 0 Å². The number of urea groups is 1. The number of aromatic nitrogens is 2. The molecule has 0 aliphatic carbocycles. The van der Waals surface area contributed by atoms with Crippen LogP contribution in [0, 0.1) is 6.92 Å².